The third kappa shape index (κ3) is 6.78. The smallest absolute Gasteiger partial charge is 0.416 e. The zero-order valence-electron chi connectivity index (χ0n) is 12.9. The van der Waals surface area contributed by atoms with Crippen LogP contribution >= 0.6 is 0 Å². The van der Waals surface area contributed by atoms with E-state index in [4.69, 9.17) is 0 Å². The first-order valence-corrected chi connectivity index (χ1v) is 9.38. The van der Waals surface area contributed by atoms with Crippen molar-refractivity contribution in [2.24, 2.45) is 0 Å². The Hall–Kier alpha value is -1.13. The molecule has 0 saturated carbocycles. The molecular weight excluding hydrogens is 456 g/mol. The first kappa shape index (κ1) is 20.9. The summed E-state index contributed by atoms with van der Waals surface area (Å²) in [4.78, 5) is -0.675. The van der Waals surface area contributed by atoms with Gasteiger partial charge in [0.25, 0.3) is 22.6 Å². The van der Waals surface area contributed by atoms with Gasteiger partial charge in [-0.05, 0) is 47.9 Å². The van der Waals surface area contributed by atoms with E-state index in [9.17, 15) is 26.1 Å². The van der Waals surface area contributed by atoms with Crippen molar-refractivity contribution >= 4 is 10.1 Å². The van der Waals surface area contributed by atoms with Crippen LogP contribution in [-0.2, 0) is 16.3 Å². The summed E-state index contributed by atoms with van der Waals surface area (Å²) in [5, 5.41) is 0. The Bertz CT molecular complexity index is 753. The highest BCUT2D eigenvalue weighted by molar-refractivity contribution is 7.85. The SMILES string of the molecule is CC(C)c1ccc([IH+])cc1.O=S(=O)([O-])c1ccc(C(F)(F)F)cc1. The summed E-state index contributed by atoms with van der Waals surface area (Å²) >= 11 is 2.05. The Morgan fingerprint density at radius 1 is 0.958 bits per heavy atom. The maximum atomic E-state index is 12.0. The minimum Gasteiger partial charge on any atom is -0.744 e. The molecule has 0 bridgehead atoms. The van der Waals surface area contributed by atoms with E-state index < -0.39 is 26.8 Å². The molecule has 24 heavy (non-hydrogen) atoms. The molecule has 0 amide bonds. The lowest BCUT2D eigenvalue weighted by Gasteiger charge is -2.09. The first-order valence-electron chi connectivity index (χ1n) is 6.81. The fourth-order valence-corrected chi connectivity index (χ4v) is 2.52. The lowest BCUT2D eigenvalue weighted by Crippen LogP contribution is -3.34. The van der Waals surface area contributed by atoms with Crippen LogP contribution in [0.15, 0.2) is 53.4 Å². The molecule has 0 unspecified atom stereocenters. The topological polar surface area (TPSA) is 57.2 Å². The van der Waals surface area contributed by atoms with Crippen molar-refractivity contribution < 1.29 is 48.7 Å². The van der Waals surface area contributed by atoms with Crippen molar-refractivity contribution in [3.63, 3.8) is 0 Å². The van der Waals surface area contributed by atoms with Gasteiger partial charge < -0.3 is 4.55 Å². The van der Waals surface area contributed by atoms with E-state index in [2.05, 4.69) is 38.1 Å². The molecule has 2 aromatic carbocycles. The number of halogens is 4. The number of benzene rings is 2. The molecule has 2 aromatic rings. The summed E-state index contributed by atoms with van der Waals surface area (Å²) in [5.41, 5.74) is 0.428. The Morgan fingerprint density at radius 2 is 1.42 bits per heavy atom. The molecular formula is C16H16F3IO3S. The highest BCUT2D eigenvalue weighted by Crippen LogP contribution is 2.29. The predicted molar refractivity (Wildman–Crippen MR) is 80.0 cm³/mol. The van der Waals surface area contributed by atoms with Gasteiger partial charge in [0, 0.05) is 0 Å². The van der Waals surface area contributed by atoms with Gasteiger partial charge in [0.2, 0.25) is 0 Å². The van der Waals surface area contributed by atoms with Gasteiger partial charge in [-0.15, -0.1) is 0 Å². The molecule has 132 valence electrons. The number of rotatable bonds is 2. The second-order valence-corrected chi connectivity index (χ2v) is 7.93. The van der Waals surface area contributed by atoms with Gasteiger partial charge in [-0.3, -0.25) is 0 Å². The molecule has 0 aliphatic rings. The fraction of sp³-hybridized carbons (Fsp3) is 0.250. The van der Waals surface area contributed by atoms with Crippen molar-refractivity contribution in [1.29, 1.82) is 0 Å². The average molecular weight is 472 g/mol. The average Bonchev–Trinajstić information content (AvgIpc) is 2.47. The van der Waals surface area contributed by atoms with Gasteiger partial charge in [-0.25, -0.2) is 8.42 Å². The van der Waals surface area contributed by atoms with E-state index in [1.54, 1.807) is 0 Å². The minimum absolute atomic E-state index is 0.546. The molecule has 0 fully saturated rings. The molecule has 2 rings (SSSR count). The molecule has 0 aliphatic carbocycles. The van der Waals surface area contributed by atoms with Gasteiger partial charge in [-0.2, -0.15) is 13.2 Å². The second-order valence-electron chi connectivity index (χ2n) is 5.20. The number of hydrogen-bond donors (Lipinski definition) is 0. The second kappa shape index (κ2) is 8.30. The summed E-state index contributed by atoms with van der Waals surface area (Å²) in [7, 11) is -4.68. The number of hydrogen-bond acceptors (Lipinski definition) is 3. The molecule has 0 radical (unpaired) electrons. The Kier molecular flexibility index (Phi) is 7.24. The lowest BCUT2D eigenvalue weighted by atomic mass is 10.0. The van der Waals surface area contributed by atoms with Crippen LogP contribution in [0.4, 0.5) is 13.2 Å². The van der Waals surface area contributed by atoms with Crippen LogP contribution in [0.1, 0.15) is 30.9 Å². The van der Waals surface area contributed by atoms with Crippen molar-refractivity contribution in [1.82, 2.24) is 0 Å². The van der Waals surface area contributed by atoms with E-state index in [1.807, 2.05) is 22.6 Å². The van der Waals surface area contributed by atoms with Crippen LogP contribution in [0.5, 0.6) is 0 Å². The summed E-state index contributed by atoms with van der Waals surface area (Å²) in [5.74, 6) is 0.654. The van der Waals surface area contributed by atoms with E-state index in [-0.39, 0.29) is 0 Å². The standard InChI is InChI=1S/C9H12I.C7H5F3O3S/c1-7(2)8-3-5-9(10)6-4-8;8-7(9,10)5-1-3-6(4-2-5)14(11,12)13/h3-7,10H,1-2H3;1-4H,(H,11,12,13)/q+1;/p-1. The Morgan fingerprint density at radius 3 is 1.75 bits per heavy atom. The minimum atomic E-state index is -4.68. The zero-order valence-corrected chi connectivity index (χ0v) is 16.0. The van der Waals surface area contributed by atoms with Crippen molar-refractivity contribution in [3.8, 4) is 0 Å². The van der Waals surface area contributed by atoms with Crippen LogP contribution in [0, 0.1) is 3.57 Å². The molecule has 0 heterocycles. The monoisotopic (exact) mass is 472 g/mol. The van der Waals surface area contributed by atoms with Crippen LogP contribution in [-0.4, -0.2) is 13.0 Å². The van der Waals surface area contributed by atoms with E-state index in [1.165, 1.54) is 9.13 Å². The highest BCUT2D eigenvalue weighted by atomic mass is 127. The molecule has 8 heteroatoms. The molecule has 0 atom stereocenters. The molecule has 0 aromatic heterocycles. The Balaban J connectivity index is 0.000000254. The summed E-state index contributed by atoms with van der Waals surface area (Å²) in [6.07, 6.45) is -4.54. The normalized spacial score (nSPS) is 11.8. The third-order valence-corrected chi connectivity index (χ3v) is 4.64. The van der Waals surface area contributed by atoms with Gasteiger partial charge in [0.05, 0.1) is 10.5 Å². The largest absolute Gasteiger partial charge is 0.744 e. The predicted octanol–water partition coefficient (Wildman–Crippen LogP) is 0.875. The highest BCUT2D eigenvalue weighted by Gasteiger charge is 2.30. The summed E-state index contributed by atoms with van der Waals surface area (Å²) in [6, 6.07) is 11.1. The number of alkyl halides is 3. The molecule has 0 aliphatic heterocycles. The molecule has 0 spiro atoms. The van der Waals surface area contributed by atoms with Crippen LogP contribution in [0.2, 0.25) is 0 Å². The molecule has 3 nitrogen and oxygen atoms in total. The lowest BCUT2D eigenvalue weighted by molar-refractivity contribution is -0.328. The molecule has 0 N–H and O–H groups in total. The fourth-order valence-electron chi connectivity index (χ4n) is 1.66. The molecule has 0 saturated heterocycles. The van der Waals surface area contributed by atoms with Gasteiger partial charge in [-0.1, -0.05) is 26.0 Å². The first-order chi connectivity index (χ1) is 10.9. The third-order valence-electron chi connectivity index (χ3n) is 3.02. The zero-order chi connectivity index (χ0) is 18.5. The van der Waals surface area contributed by atoms with E-state index in [0.717, 1.165) is 0 Å². The van der Waals surface area contributed by atoms with Crippen LogP contribution < -0.4 is 22.6 Å². The van der Waals surface area contributed by atoms with Crippen LogP contribution in [0.3, 0.4) is 0 Å². The Labute approximate surface area is 152 Å². The van der Waals surface area contributed by atoms with E-state index in [0.29, 0.717) is 30.2 Å². The quantitative estimate of drug-likeness (QED) is 0.482. The van der Waals surface area contributed by atoms with Gasteiger partial charge in [0.15, 0.2) is 3.57 Å². The van der Waals surface area contributed by atoms with Crippen LogP contribution in [0.25, 0.3) is 0 Å². The van der Waals surface area contributed by atoms with Gasteiger partial charge >= 0.3 is 6.18 Å². The summed E-state index contributed by atoms with van der Waals surface area (Å²) < 4.78 is 68.4. The van der Waals surface area contributed by atoms with Crippen molar-refractivity contribution in [2.75, 3.05) is 0 Å². The maximum Gasteiger partial charge on any atom is 0.416 e. The maximum absolute atomic E-state index is 12.0. The van der Waals surface area contributed by atoms with Gasteiger partial charge in [0.1, 0.15) is 10.1 Å². The van der Waals surface area contributed by atoms with E-state index >= 15 is 0 Å². The summed E-state index contributed by atoms with van der Waals surface area (Å²) in [6.45, 7) is 4.43. The van der Waals surface area contributed by atoms with Crippen molar-refractivity contribution in [2.45, 2.75) is 30.8 Å². The van der Waals surface area contributed by atoms with Crippen molar-refractivity contribution in [3.05, 3.63) is 63.2 Å².